The molecule has 0 amide bonds. The molecule has 0 bridgehead atoms. The van der Waals surface area contributed by atoms with Gasteiger partial charge >= 0.3 is 0 Å². The Morgan fingerprint density at radius 1 is 1.36 bits per heavy atom. The summed E-state index contributed by atoms with van der Waals surface area (Å²) in [5.41, 5.74) is 1.43. The molecule has 0 fully saturated rings. The SMILES string of the molecule is Fc1cccc(-c2cc(CS)no2)c1. The average molecular weight is 209 g/mol. The molecule has 1 aromatic heterocycles. The van der Waals surface area contributed by atoms with E-state index in [1.54, 1.807) is 18.2 Å². The highest BCUT2D eigenvalue weighted by Crippen LogP contribution is 2.21. The highest BCUT2D eigenvalue weighted by Gasteiger charge is 2.05. The van der Waals surface area contributed by atoms with Crippen molar-refractivity contribution in [1.29, 1.82) is 0 Å². The van der Waals surface area contributed by atoms with E-state index in [9.17, 15) is 4.39 Å². The zero-order valence-electron chi connectivity index (χ0n) is 7.27. The molecule has 2 nitrogen and oxygen atoms in total. The van der Waals surface area contributed by atoms with Gasteiger partial charge in [0, 0.05) is 17.4 Å². The number of halogens is 1. The van der Waals surface area contributed by atoms with Gasteiger partial charge in [0.25, 0.3) is 0 Å². The molecule has 0 unspecified atom stereocenters. The van der Waals surface area contributed by atoms with E-state index in [1.165, 1.54) is 12.1 Å². The fourth-order valence-corrected chi connectivity index (χ4v) is 1.31. The van der Waals surface area contributed by atoms with Gasteiger partial charge in [-0.05, 0) is 12.1 Å². The van der Waals surface area contributed by atoms with Crippen LogP contribution in [-0.2, 0) is 5.75 Å². The van der Waals surface area contributed by atoms with Crippen LogP contribution in [0, 0.1) is 5.82 Å². The van der Waals surface area contributed by atoms with Gasteiger partial charge in [-0.1, -0.05) is 17.3 Å². The number of hydrogen-bond donors (Lipinski definition) is 1. The molecule has 1 aromatic carbocycles. The van der Waals surface area contributed by atoms with Crippen molar-refractivity contribution in [2.75, 3.05) is 0 Å². The van der Waals surface area contributed by atoms with Crippen molar-refractivity contribution in [2.24, 2.45) is 0 Å². The molecule has 0 spiro atoms. The van der Waals surface area contributed by atoms with Crippen LogP contribution in [0.2, 0.25) is 0 Å². The first kappa shape index (κ1) is 9.27. The van der Waals surface area contributed by atoms with Crippen LogP contribution in [0.3, 0.4) is 0 Å². The predicted octanol–water partition coefficient (Wildman–Crippen LogP) is 2.91. The third-order valence-electron chi connectivity index (χ3n) is 1.83. The molecule has 14 heavy (non-hydrogen) atoms. The lowest BCUT2D eigenvalue weighted by molar-refractivity contribution is 0.426. The van der Waals surface area contributed by atoms with Crippen molar-refractivity contribution in [1.82, 2.24) is 5.16 Å². The number of rotatable bonds is 2. The van der Waals surface area contributed by atoms with E-state index in [0.29, 0.717) is 17.1 Å². The fourth-order valence-electron chi connectivity index (χ4n) is 1.16. The van der Waals surface area contributed by atoms with Gasteiger partial charge in [0.1, 0.15) is 5.82 Å². The maximum Gasteiger partial charge on any atom is 0.167 e. The molecule has 0 aliphatic heterocycles. The van der Waals surface area contributed by atoms with E-state index in [4.69, 9.17) is 4.52 Å². The maximum absolute atomic E-state index is 12.9. The molecular formula is C10H8FNOS. The zero-order chi connectivity index (χ0) is 9.97. The van der Waals surface area contributed by atoms with Crippen LogP contribution in [0.15, 0.2) is 34.9 Å². The first-order valence-electron chi connectivity index (χ1n) is 4.12. The van der Waals surface area contributed by atoms with E-state index in [2.05, 4.69) is 17.8 Å². The molecule has 0 atom stereocenters. The summed E-state index contributed by atoms with van der Waals surface area (Å²) in [7, 11) is 0. The second-order valence-corrected chi connectivity index (χ2v) is 3.17. The van der Waals surface area contributed by atoms with E-state index < -0.39 is 0 Å². The molecule has 0 radical (unpaired) electrons. The Bertz CT molecular complexity index is 441. The molecule has 0 aliphatic carbocycles. The third-order valence-corrected chi connectivity index (χ3v) is 2.15. The normalized spacial score (nSPS) is 10.4. The van der Waals surface area contributed by atoms with Crippen LogP contribution in [0.4, 0.5) is 4.39 Å². The smallest absolute Gasteiger partial charge is 0.167 e. The summed E-state index contributed by atoms with van der Waals surface area (Å²) in [4.78, 5) is 0. The fraction of sp³-hybridized carbons (Fsp3) is 0.100. The van der Waals surface area contributed by atoms with Crippen LogP contribution < -0.4 is 0 Å². The minimum atomic E-state index is -0.286. The van der Waals surface area contributed by atoms with Gasteiger partial charge in [-0.3, -0.25) is 0 Å². The van der Waals surface area contributed by atoms with Crippen molar-refractivity contribution in [3.05, 3.63) is 41.8 Å². The van der Waals surface area contributed by atoms with Gasteiger partial charge in [0.15, 0.2) is 5.76 Å². The van der Waals surface area contributed by atoms with Crippen LogP contribution in [0.1, 0.15) is 5.69 Å². The van der Waals surface area contributed by atoms with Gasteiger partial charge in [0.05, 0.1) is 5.69 Å². The van der Waals surface area contributed by atoms with Crippen LogP contribution in [0.5, 0.6) is 0 Å². The number of nitrogens with zero attached hydrogens (tertiary/aromatic N) is 1. The Kier molecular flexibility index (Phi) is 2.54. The van der Waals surface area contributed by atoms with Crippen LogP contribution >= 0.6 is 12.6 Å². The average Bonchev–Trinajstić information content (AvgIpc) is 2.66. The summed E-state index contributed by atoms with van der Waals surface area (Å²) >= 11 is 4.06. The first-order valence-corrected chi connectivity index (χ1v) is 4.75. The summed E-state index contributed by atoms with van der Waals surface area (Å²) in [5.74, 6) is 0.790. The van der Waals surface area contributed by atoms with E-state index in [-0.39, 0.29) is 5.82 Å². The number of benzene rings is 1. The lowest BCUT2D eigenvalue weighted by atomic mass is 10.1. The van der Waals surface area contributed by atoms with E-state index in [0.717, 1.165) is 5.69 Å². The summed E-state index contributed by atoms with van der Waals surface area (Å²) < 4.78 is 17.9. The lowest BCUT2D eigenvalue weighted by Crippen LogP contribution is -1.76. The highest BCUT2D eigenvalue weighted by molar-refractivity contribution is 7.79. The minimum Gasteiger partial charge on any atom is -0.356 e. The molecule has 0 saturated heterocycles. The van der Waals surface area contributed by atoms with E-state index in [1.807, 2.05) is 0 Å². The monoisotopic (exact) mass is 209 g/mol. The van der Waals surface area contributed by atoms with Crippen LogP contribution in [-0.4, -0.2) is 5.16 Å². The first-order chi connectivity index (χ1) is 6.79. The van der Waals surface area contributed by atoms with Gasteiger partial charge in [-0.15, -0.1) is 0 Å². The maximum atomic E-state index is 12.9. The van der Waals surface area contributed by atoms with Crippen molar-refractivity contribution in [3.8, 4) is 11.3 Å². The summed E-state index contributed by atoms with van der Waals surface area (Å²) in [6.07, 6.45) is 0. The van der Waals surface area contributed by atoms with Gasteiger partial charge < -0.3 is 4.52 Å². The Hall–Kier alpha value is -1.29. The lowest BCUT2D eigenvalue weighted by Gasteiger charge is -1.93. The Morgan fingerprint density at radius 3 is 2.86 bits per heavy atom. The summed E-state index contributed by atoms with van der Waals surface area (Å²) in [5, 5.41) is 3.77. The molecule has 0 N–H and O–H groups in total. The second kappa shape index (κ2) is 3.84. The number of aromatic nitrogens is 1. The highest BCUT2D eigenvalue weighted by atomic mass is 32.1. The third kappa shape index (κ3) is 1.80. The number of hydrogen-bond acceptors (Lipinski definition) is 3. The van der Waals surface area contributed by atoms with Crippen molar-refractivity contribution < 1.29 is 8.91 Å². The molecule has 2 aromatic rings. The van der Waals surface area contributed by atoms with Gasteiger partial charge in [-0.2, -0.15) is 12.6 Å². The van der Waals surface area contributed by atoms with Crippen LogP contribution in [0.25, 0.3) is 11.3 Å². The minimum absolute atomic E-state index is 0.286. The van der Waals surface area contributed by atoms with Crippen molar-refractivity contribution in [3.63, 3.8) is 0 Å². The molecule has 0 saturated carbocycles. The zero-order valence-corrected chi connectivity index (χ0v) is 8.17. The number of thiol groups is 1. The predicted molar refractivity (Wildman–Crippen MR) is 54.6 cm³/mol. The van der Waals surface area contributed by atoms with E-state index >= 15 is 0 Å². The molecule has 4 heteroatoms. The largest absolute Gasteiger partial charge is 0.356 e. The van der Waals surface area contributed by atoms with Crippen molar-refractivity contribution >= 4 is 12.6 Å². The summed E-state index contributed by atoms with van der Waals surface area (Å²) in [6.45, 7) is 0. The summed E-state index contributed by atoms with van der Waals surface area (Å²) in [6, 6.07) is 7.95. The van der Waals surface area contributed by atoms with Gasteiger partial charge in [0.2, 0.25) is 0 Å². The second-order valence-electron chi connectivity index (χ2n) is 2.85. The molecule has 0 aliphatic rings. The molecule has 72 valence electrons. The Balaban J connectivity index is 2.39. The topological polar surface area (TPSA) is 26.0 Å². The quantitative estimate of drug-likeness (QED) is 0.769. The van der Waals surface area contributed by atoms with Gasteiger partial charge in [-0.25, -0.2) is 4.39 Å². The molecular weight excluding hydrogens is 201 g/mol. The Labute approximate surface area is 86.1 Å². The molecule has 1 heterocycles. The Morgan fingerprint density at radius 2 is 2.21 bits per heavy atom. The standard InChI is InChI=1S/C10H8FNOS/c11-8-3-1-2-7(4-8)10-5-9(6-14)12-13-10/h1-5,14H,6H2. The molecule has 2 rings (SSSR count). The van der Waals surface area contributed by atoms with Crippen molar-refractivity contribution in [2.45, 2.75) is 5.75 Å².